The molecule has 1 fully saturated rings. The van der Waals surface area contributed by atoms with Gasteiger partial charge in [-0.25, -0.2) is 0 Å². The summed E-state index contributed by atoms with van der Waals surface area (Å²) in [6.45, 7) is 5.79. The molecule has 1 saturated heterocycles. The van der Waals surface area contributed by atoms with Crippen LogP contribution in [-0.4, -0.2) is 41.2 Å². The fraction of sp³-hybridized carbons (Fsp3) is 0.611. The van der Waals surface area contributed by atoms with Gasteiger partial charge in [0.2, 0.25) is 5.91 Å². The van der Waals surface area contributed by atoms with E-state index in [1.54, 1.807) is 11.8 Å². The lowest BCUT2D eigenvalue weighted by Gasteiger charge is -2.33. The zero-order valence-corrected chi connectivity index (χ0v) is 14.9. The number of hydrogen-bond acceptors (Lipinski definition) is 4. The Morgan fingerprint density at radius 3 is 2.78 bits per heavy atom. The predicted molar refractivity (Wildman–Crippen MR) is 99.4 cm³/mol. The fourth-order valence-corrected chi connectivity index (χ4v) is 3.70. The van der Waals surface area contributed by atoms with Crippen LogP contribution in [0.25, 0.3) is 0 Å². The smallest absolute Gasteiger partial charge is 0.237 e. The summed E-state index contributed by atoms with van der Waals surface area (Å²) in [6, 6.07) is 7.95. The van der Waals surface area contributed by atoms with E-state index < -0.39 is 0 Å². The maximum atomic E-state index is 12.4. The Morgan fingerprint density at radius 1 is 1.39 bits per heavy atom. The fourth-order valence-electron chi connectivity index (χ4n) is 2.68. The summed E-state index contributed by atoms with van der Waals surface area (Å²) < 4.78 is 0. The molecule has 0 bridgehead atoms. The molecule has 128 valence electrons. The van der Waals surface area contributed by atoms with E-state index in [4.69, 9.17) is 0 Å². The van der Waals surface area contributed by atoms with Crippen molar-refractivity contribution in [3.05, 3.63) is 24.3 Å². The molecule has 1 aliphatic heterocycles. The van der Waals surface area contributed by atoms with E-state index in [0.717, 1.165) is 55.9 Å². The van der Waals surface area contributed by atoms with Gasteiger partial charge in [-0.1, -0.05) is 25.5 Å². The molecule has 5 heteroatoms. The topological polar surface area (TPSA) is 52.6 Å². The number of carbonyl (C=O) groups is 1. The maximum Gasteiger partial charge on any atom is 0.237 e. The summed E-state index contributed by atoms with van der Waals surface area (Å²) in [4.78, 5) is 14.7. The number of hydrogen-bond donors (Lipinski definition) is 2. The monoisotopic (exact) mass is 336 g/mol. The van der Waals surface area contributed by atoms with Crippen LogP contribution in [0.1, 0.15) is 39.5 Å². The number of nitrogens with zero attached hydrogens (tertiary/aromatic N) is 1. The number of piperidine rings is 1. The van der Waals surface area contributed by atoms with Gasteiger partial charge in [0.1, 0.15) is 0 Å². The van der Waals surface area contributed by atoms with Gasteiger partial charge in [0.25, 0.3) is 0 Å². The largest absolute Gasteiger partial charge is 0.393 e. The van der Waals surface area contributed by atoms with Gasteiger partial charge < -0.3 is 15.3 Å². The van der Waals surface area contributed by atoms with Gasteiger partial charge in [0.05, 0.1) is 22.7 Å². The number of amides is 1. The number of benzene rings is 1. The number of carbonyl (C=O) groups excluding carboxylic acids is 1. The zero-order valence-electron chi connectivity index (χ0n) is 14.1. The first-order chi connectivity index (χ1) is 11.1. The number of rotatable bonds is 7. The van der Waals surface area contributed by atoms with Crippen LogP contribution >= 0.6 is 11.8 Å². The van der Waals surface area contributed by atoms with Gasteiger partial charge in [0.15, 0.2) is 0 Å². The van der Waals surface area contributed by atoms with Crippen LogP contribution in [0.15, 0.2) is 24.3 Å². The number of para-hydroxylation sites is 2. The van der Waals surface area contributed by atoms with Crippen LogP contribution < -0.4 is 10.2 Å². The molecule has 2 N–H and O–H groups in total. The number of aliphatic hydroxyl groups excluding tert-OH is 1. The van der Waals surface area contributed by atoms with Crippen molar-refractivity contribution in [2.75, 3.05) is 29.1 Å². The second-order valence-electron chi connectivity index (χ2n) is 6.09. The molecule has 1 atom stereocenters. The first-order valence-corrected chi connectivity index (χ1v) is 9.61. The van der Waals surface area contributed by atoms with Gasteiger partial charge in [-0.15, -0.1) is 11.8 Å². The van der Waals surface area contributed by atoms with Gasteiger partial charge in [-0.2, -0.15) is 0 Å². The lowest BCUT2D eigenvalue weighted by molar-refractivity contribution is -0.115. The molecule has 23 heavy (non-hydrogen) atoms. The normalized spacial score (nSPS) is 17.1. The second-order valence-corrected chi connectivity index (χ2v) is 7.54. The third-order valence-electron chi connectivity index (χ3n) is 4.20. The van der Waals surface area contributed by atoms with Crippen molar-refractivity contribution in [1.29, 1.82) is 0 Å². The van der Waals surface area contributed by atoms with Crippen molar-refractivity contribution in [1.82, 2.24) is 0 Å². The molecule has 0 spiro atoms. The molecule has 0 aliphatic carbocycles. The molecule has 1 aromatic rings. The van der Waals surface area contributed by atoms with Crippen molar-refractivity contribution in [3.63, 3.8) is 0 Å². The minimum atomic E-state index is -0.192. The summed E-state index contributed by atoms with van der Waals surface area (Å²) in [5, 5.41) is 12.7. The average molecular weight is 337 g/mol. The first kappa shape index (κ1) is 18.1. The lowest BCUT2D eigenvalue weighted by Crippen LogP contribution is -2.36. The quantitative estimate of drug-likeness (QED) is 0.748. The molecule has 0 aromatic heterocycles. The van der Waals surface area contributed by atoms with E-state index in [0.29, 0.717) is 0 Å². The van der Waals surface area contributed by atoms with E-state index in [2.05, 4.69) is 17.1 Å². The van der Waals surface area contributed by atoms with E-state index >= 15 is 0 Å². The molecular weight excluding hydrogens is 308 g/mol. The van der Waals surface area contributed by atoms with Gasteiger partial charge in [0, 0.05) is 13.1 Å². The summed E-state index contributed by atoms with van der Waals surface area (Å²) >= 11 is 1.71. The first-order valence-electron chi connectivity index (χ1n) is 8.56. The number of thioether (sulfide) groups is 1. The number of nitrogens with one attached hydrogen (secondary N) is 1. The van der Waals surface area contributed by atoms with Gasteiger partial charge in [-0.3, -0.25) is 4.79 Å². The number of unbranched alkanes of at least 4 members (excludes halogenated alkanes) is 1. The molecule has 2 rings (SSSR count). The predicted octanol–water partition coefficient (Wildman–Crippen LogP) is 3.51. The van der Waals surface area contributed by atoms with Crippen LogP contribution in [-0.2, 0) is 4.79 Å². The summed E-state index contributed by atoms with van der Waals surface area (Å²) in [5.41, 5.74) is 1.93. The Bertz CT molecular complexity index is 502. The highest BCUT2D eigenvalue weighted by molar-refractivity contribution is 8.00. The lowest BCUT2D eigenvalue weighted by atomic mass is 10.1. The molecule has 4 nitrogen and oxygen atoms in total. The van der Waals surface area contributed by atoms with Crippen molar-refractivity contribution in [3.8, 4) is 0 Å². The molecule has 1 unspecified atom stereocenters. The Labute approximate surface area is 143 Å². The number of anilines is 2. The van der Waals surface area contributed by atoms with Gasteiger partial charge >= 0.3 is 0 Å². The minimum absolute atomic E-state index is 0.0437. The highest BCUT2D eigenvalue weighted by atomic mass is 32.2. The Morgan fingerprint density at radius 2 is 2.09 bits per heavy atom. The molecule has 1 heterocycles. The molecule has 0 radical (unpaired) electrons. The third kappa shape index (κ3) is 5.43. The zero-order chi connectivity index (χ0) is 16.7. The van der Waals surface area contributed by atoms with Gasteiger partial charge in [-0.05, 0) is 44.1 Å². The number of aliphatic hydroxyl groups is 1. The standard InChI is InChI=1S/C18H28N2O2S/c1-3-4-13-23-14(2)18(22)19-16-7-5-6-8-17(16)20-11-9-15(21)10-12-20/h5-8,14-15,21H,3-4,9-13H2,1-2H3,(H,19,22). The van der Waals surface area contributed by atoms with Crippen LogP contribution in [0, 0.1) is 0 Å². The summed E-state index contributed by atoms with van der Waals surface area (Å²) in [5.74, 6) is 1.09. The maximum absolute atomic E-state index is 12.4. The Hall–Kier alpha value is -1.20. The third-order valence-corrected chi connectivity index (χ3v) is 5.44. The van der Waals surface area contributed by atoms with Crippen LogP contribution in [0.2, 0.25) is 0 Å². The summed E-state index contributed by atoms with van der Waals surface area (Å²) in [7, 11) is 0. The van der Waals surface area contributed by atoms with Crippen molar-refractivity contribution in [2.45, 2.75) is 50.9 Å². The highest BCUT2D eigenvalue weighted by Gasteiger charge is 2.21. The van der Waals surface area contributed by atoms with Crippen molar-refractivity contribution >= 4 is 29.0 Å². The van der Waals surface area contributed by atoms with Crippen LogP contribution in [0.5, 0.6) is 0 Å². The molecule has 1 aromatic carbocycles. The van der Waals surface area contributed by atoms with E-state index in [9.17, 15) is 9.90 Å². The van der Waals surface area contributed by atoms with Crippen molar-refractivity contribution in [2.24, 2.45) is 0 Å². The Kier molecular flexibility index (Phi) is 7.24. The minimum Gasteiger partial charge on any atom is -0.393 e. The van der Waals surface area contributed by atoms with Crippen LogP contribution in [0.4, 0.5) is 11.4 Å². The van der Waals surface area contributed by atoms with Crippen molar-refractivity contribution < 1.29 is 9.90 Å². The molecule has 1 aliphatic rings. The molecule has 0 saturated carbocycles. The van der Waals surface area contributed by atoms with E-state index in [1.165, 1.54) is 0 Å². The molecule has 1 amide bonds. The second kappa shape index (κ2) is 9.18. The van der Waals surface area contributed by atoms with Crippen LogP contribution in [0.3, 0.4) is 0 Å². The van der Waals surface area contributed by atoms with E-state index in [1.807, 2.05) is 31.2 Å². The average Bonchev–Trinajstić information content (AvgIpc) is 2.56. The SMILES string of the molecule is CCCCSC(C)C(=O)Nc1ccccc1N1CCC(O)CC1. The van der Waals surface area contributed by atoms with E-state index in [-0.39, 0.29) is 17.3 Å². The Balaban J connectivity index is 1.98. The highest BCUT2D eigenvalue weighted by Crippen LogP contribution is 2.29. The summed E-state index contributed by atoms with van der Waals surface area (Å²) in [6.07, 6.45) is 3.68. The molecular formula is C18H28N2O2S.